The Balaban J connectivity index is 0.000000631. The van der Waals surface area contributed by atoms with Crippen LogP contribution in [-0.4, -0.2) is 51.0 Å². The van der Waals surface area contributed by atoms with E-state index < -0.39 is 0 Å². The molecule has 1 saturated heterocycles. The van der Waals surface area contributed by atoms with Gasteiger partial charge < -0.3 is 9.64 Å². The molecule has 1 unspecified atom stereocenters. The minimum Gasteiger partial charge on any atom is -0.469 e. The van der Waals surface area contributed by atoms with Crippen molar-refractivity contribution in [1.82, 2.24) is 4.90 Å². The Morgan fingerprint density at radius 1 is 1.44 bits per heavy atom. The summed E-state index contributed by atoms with van der Waals surface area (Å²) in [6.45, 7) is 11.7. The SMILES string of the molecule is C=NN=C.COC(=O)CCCN1CCCC(C)C1. The number of hydrogen-bond acceptors (Lipinski definition) is 5. The number of ether oxygens (including phenoxy) is 1. The fourth-order valence-electron chi connectivity index (χ4n) is 2.04. The molecule has 0 aliphatic carbocycles. The van der Waals surface area contributed by atoms with Gasteiger partial charge in [-0.25, -0.2) is 0 Å². The zero-order valence-corrected chi connectivity index (χ0v) is 11.6. The first-order chi connectivity index (χ1) is 8.63. The summed E-state index contributed by atoms with van der Waals surface area (Å²) in [7, 11) is 1.45. The zero-order valence-electron chi connectivity index (χ0n) is 11.6. The van der Waals surface area contributed by atoms with Crippen LogP contribution in [0.5, 0.6) is 0 Å². The Labute approximate surface area is 110 Å². The van der Waals surface area contributed by atoms with E-state index in [0.717, 1.165) is 18.9 Å². The maximum Gasteiger partial charge on any atom is 0.305 e. The molecule has 0 amide bonds. The highest BCUT2D eigenvalue weighted by Gasteiger charge is 2.15. The lowest BCUT2D eigenvalue weighted by atomic mass is 10.0. The van der Waals surface area contributed by atoms with Crippen molar-refractivity contribution in [2.45, 2.75) is 32.6 Å². The summed E-state index contributed by atoms with van der Waals surface area (Å²) in [6, 6.07) is 0. The molecule has 0 aromatic carbocycles. The van der Waals surface area contributed by atoms with Crippen LogP contribution in [-0.2, 0) is 9.53 Å². The first-order valence-corrected chi connectivity index (χ1v) is 6.35. The van der Waals surface area contributed by atoms with E-state index in [1.165, 1.54) is 33.0 Å². The van der Waals surface area contributed by atoms with Gasteiger partial charge >= 0.3 is 5.97 Å². The molecular formula is C13H25N3O2. The lowest BCUT2D eigenvalue weighted by Gasteiger charge is -2.30. The Morgan fingerprint density at radius 2 is 2.11 bits per heavy atom. The Kier molecular flexibility index (Phi) is 10.2. The fourth-order valence-corrected chi connectivity index (χ4v) is 2.04. The van der Waals surface area contributed by atoms with Crippen molar-refractivity contribution >= 4 is 19.4 Å². The van der Waals surface area contributed by atoms with E-state index in [2.05, 4.69) is 40.2 Å². The number of methoxy groups -OCH3 is 1. The molecule has 5 nitrogen and oxygen atoms in total. The maximum atomic E-state index is 10.9. The smallest absolute Gasteiger partial charge is 0.305 e. The molecule has 1 heterocycles. The highest BCUT2D eigenvalue weighted by Crippen LogP contribution is 2.15. The van der Waals surface area contributed by atoms with E-state index in [-0.39, 0.29) is 5.97 Å². The molecule has 104 valence electrons. The molecule has 0 spiro atoms. The molecule has 0 radical (unpaired) electrons. The molecule has 1 rings (SSSR count). The molecule has 1 atom stereocenters. The molecule has 1 aliphatic rings. The second kappa shape index (κ2) is 10.9. The van der Waals surface area contributed by atoms with Crippen molar-refractivity contribution in [3.8, 4) is 0 Å². The molecule has 0 aromatic rings. The third-order valence-corrected chi connectivity index (χ3v) is 2.92. The van der Waals surface area contributed by atoms with Crippen LogP contribution in [0.1, 0.15) is 32.6 Å². The lowest BCUT2D eigenvalue weighted by molar-refractivity contribution is -0.140. The number of hydrogen-bond donors (Lipinski definition) is 0. The van der Waals surface area contributed by atoms with Gasteiger partial charge in [-0.05, 0) is 38.3 Å². The summed E-state index contributed by atoms with van der Waals surface area (Å²) in [5, 5.41) is 6.00. The minimum absolute atomic E-state index is 0.0879. The summed E-state index contributed by atoms with van der Waals surface area (Å²) >= 11 is 0. The van der Waals surface area contributed by atoms with Crippen LogP contribution in [0.15, 0.2) is 10.2 Å². The predicted octanol–water partition coefficient (Wildman–Crippen LogP) is 1.97. The van der Waals surface area contributed by atoms with E-state index in [1.807, 2.05) is 0 Å². The number of likely N-dealkylation sites (tertiary alicyclic amines) is 1. The van der Waals surface area contributed by atoms with Crippen LogP contribution in [0.3, 0.4) is 0 Å². The van der Waals surface area contributed by atoms with E-state index in [1.54, 1.807) is 0 Å². The Morgan fingerprint density at radius 3 is 2.61 bits per heavy atom. The summed E-state index contributed by atoms with van der Waals surface area (Å²) < 4.78 is 4.60. The van der Waals surface area contributed by atoms with Gasteiger partial charge in [0, 0.05) is 26.4 Å². The minimum atomic E-state index is -0.0879. The normalized spacial score (nSPS) is 19.3. The predicted molar refractivity (Wildman–Crippen MR) is 75.2 cm³/mol. The first kappa shape index (κ1) is 16.8. The standard InChI is InChI=1S/C11H21NO2.C2H4N2/c1-10-5-3-7-12(9-10)8-4-6-11(13)14-2;1-3-4-2/h10H,3-9H2,1-2H3;1-2H2. The van der Waals surface area contributed by atoms with Crippen molar-refractivity contribution < 1.29 is 9.53 Å². The number of rotatable bonds is 5. The molecular weight excluding hydrogens is 230 g/mol. The fraction of sp³-hybridized carbons (Fsp3) is 0.769. The lowest BCUT2D eigenvalue weighted by Crippen LogP contribution is -2.35. The summed E-state index contributed by atoms with van der Waals surface area (Å²) in [4.78, 5) is 13.3. The maximum absolute atomic E-state index is 10.9. The largest absolute Gasteiger partial charge is 0.469 e. The molecule has 1 fully saturated rings. The Hall–Kier alpha value is -1.23. The summed E-state index contributed by atoms with van der Waals surface area (Å²) in [5.41, 5.74) is 0. The van der Waals surface area contributed by atoms with Gasteiger partial charge in [-0.2, -0.15) is 10.2 Å². The van der Waals surface area contributed by atoms with Crippen molar-refractivity contribution in [2.75, 3.05) is 26.7 Å². The van der Waals surface area contributed by atoms with E-state index in [9.17, 15) is 4.79 Å². The second-order valence-electron chi connectivity index (χ2n) is 4.51. The average Bonchev–Trinajstić information content (AvgIpc) is 2.39. The van der Waals surface area contributed by atoms with Crippen LogP contribution in [0.4, 0.5) is 0 Å². The van der Waals surface area contributed by atoms with Gasteiger partial charge in [-0.3, -0.25) is 4.79 Å². The van der Waals surface area contributed by atoms with E-state index in [4.69, 9.17) is 0 Å². The van der Waals surface area contributed by atoms with Crippen LogP contribution >= 0.6 is 0 Å². The molecule has 0 saturated carbocycles. The van der Waals surface area contributed by atoms with Gasteiger partial charge in [-0.1, -0.05) is 6.92 Å². The summed E-state index contributed by atoms with van der Waals surface area (Å²) in [5.74, 6) is 0.733. The number of nitrogens with zero attached hydrogens (tertiary/aromatic N) is 3. The first-order valence-electron chi connectivity index (χ1n) is 6.35. The average molecular weight is 255 g/mol. The third kappa shape index (κ3) is 8.87. The van der Waals surface area contributed by atoms with Gasteiger partial charge in [0.15, 0.2) is 0 Å². The topological polar surface area (TPSA) is 54.3 Å². The van der Waals surface area contributed by atoms with Gasteiger partial charge in [0.2, 0.25) is 0 Å². The van der Waals surface area contributed by atoms with E-state index >= 15 is 0 Å². The van der Waals surface area contributed by atoms with Gasteiger partial charge in [-0.15, -0.1) is 0 Å². The Bertz CT molecular complexity index is 251. The van der Waals surface area contributed by atoms with Gasteiger partial charge in [0.1, 0.15) is 0 Å². The van der Waals surface area contributed by atoms with Gasteiger partial charge in [0.25, 0.3) is 0 Å². The number of carbonyl (C=O) groups is 1. The van der Waals surface area contributed by atoms with Crippen molar-refractivity contribution in [3.05, 3.63) is 0 Å². The quantitative estimate of drug-likeness (QED) is 0.429. The van der Waals surface area contributed by atoms with Crippen LogP contribution in [0.25, 0.3) is 0 Å². The van der Waals surface area contributed by atoms with Crippen molar-refractivity contribution in [1.29, 1.82) is 0 Å². The zero-order chi connectivity index (χ0) is 13.8. The van der Waals surface area contributed by atoms with Crippen LogP contribution < -0.4 is 0 Å². The number of carbonyl (C=O) groups excluding carboxylic acids is 1. The van der Waals surface area contributed by atoms with Gasteiger partial charge in [0.05, 0.1) is 7.11 Å². The molecule has 0 bridgehead atoms. The van der Waals surface area contributed by atoms with E-state index in [0.29, 0.717) is 6.42 Å². The molecule has 0 N–H and O–H groups in total. The monoisotopic (exact) mass is 255 g/mol. The molecule has 0 aromatic heterocycles. The highest BCUT2D eigenvalue weighted by molar-refractivity contribution is 5.69. The third-order valence-electron chi connectivity index (χ3n) is 2.92. The molecule has 18 heavy (non-hydrogen) atoms. The van der Waals surface area contributed by atoms with Crippen LogP contribution in [0.2, 0.25) is 0 Å². The van der Waals surface area contributed by atoms with Crippen molar-refractivity contribution in [2.24, 2.45) is 16.1 Å². The second-order valence-corrected chi connectivity index (χ2v) is 4.51. The number of esters is 1. The van der Waals surface area contributed by atoms with Crippen LogP contribution in [0, 0.1) is 5.92 Å². The molecule has 5 heteroatoms. The summed E-state index contributed by atoms with van der Waals surface area (Å²) in [6.07, 6.45) is 4.15. The molecule has 1 aliphatic heterocycles. The van der Waals surface area contributed by atoms with Crippen molar-refractivity contribution in [3.63, 3.8) is 0 Å². The highest BCUT2D eigenvalue weighted by atomic mass is 16.5. The number of piperidine rings is 1.